The molecule has 0 bridgehead atoms. The number of allylic oxidation sites excluding steroid dienone is 2. The van der Waals surface area contributed by atoms with Gasteiger partial charge in [-0.05, 0) is 24.1 Å². The van der Waals surface area contributed by atoms with Gasteiger partial charge in [-0.1, -0.05) is 30.3 Å². The number of carbonyl (C=O) groups is 2. The summed E-state index contributed by atoms with van der Waals surface area (Å²) in [4.78, 5) is 25.7. The molecule has 0 saturated carbocycles. The minimum Gasteiger partial charge on any atom is -0.461 e. The number of nitrogens with zero attached hydrogens (tertiary/aromatic N) is 1. The van der Waals surface area contributed by atoms with Gasteiger partial charge in [-0.3, -0.25) is 9.59 Å². The Morgan fingerprint density at radius 3 is 2.67 bits per heavy atom. The Kier molecular flexibility index (Phi) is 3.69. The van der Waals surface area contributed by atoms with Crippen LogP contribution < -0.4 is 0 Å². The zero-order chi connectivity index (χ0) is 14.7. The minimum atomic E-state index is -0.206. The first-order chi connectivity index (χ1) is 10.2. The fraction of sp³-hybridized carbons (Fsp3) is 0.176. The predicted molar refractivity (Wildman–Crippen MR) is 77.3 cm³/mol. The molecular weight excluding hydrogens is 266 g/mol. The minimum absolute atomic E-state index is 0.0531. The summed E-state index contributed by atoms with van der Waals surface area (Å²) >= 11 is 0. The Morgan fingerprint density at radius 1 is 1.14 bits per heavy atom. The highest BCUT2D eigenvalue weighted by Gasteiger charge is 2.26. The molecule has 0 spiro atoms. The largest absolute Gasteiger partial charge is 0.461 e. The first-order valence-electron chi connectivity index (χ1n) is 6.87. The fourth-order valence-electron chi connectivity index (χ4n) is 2.41. The number of hydrogen-bond donors (Lipinski definition) is 0. The van der Waals surface area contributed by atoms with Crippen molar-refractivity contribution in [3.05, 3.63) is 71.8 Å². The summed E-state index contributed by atoms with van der Waals surface area (Å²) < 4.78 is 5.09. The summed E-state index contributed by atoms with van der Waals surface area (Å²) in [5, 5.41) is 0. The smallest absolute Gasteiger partial charge is 0.227 e. The molecule has 0 unspecified atom stereocenters. The molecule has 106 valence electrons. The van der Waals surface area contributed by atoms with E-state index in [2.05, 4.69) is 0 Å². The average Bonchev–Trinajstić information content (AvgIpc) is 3.13. The Labute approximate surface area is 122 Å². The molecule has 1 amide bonds. The maximum absolute atomic E-state index is 12.1. The van der Waals surface area contributed by atoms with E-state index in [0.29, 0.717) is 25.1 Å². The number of likely N-dealkylation sites (tertiary alicyclic amines) is 1. The third-order valence-electron chi connectivity index (χ3n) is 3.49. The number of hydrogen-bond acceptors (Lipinski definition) is 3. The van der Waals surface area contributed by atoms with E-state index in [9.17, 15) is 9.59 Å². The second kappa shape index (κ2) is 5.79. The lowest BCUT2D eigenvalue weighted by Gasteiger charge is -2.18. The summed E-state index contributed by atoms with van der Waals surface area (Å²) in [5.74, 6) is 0.140. The van der Waals surface area contributed by atoms with Gasteiger partial charge >= 0.3 is 0 Å². The lowest BCUT2D eigenvalue weighted by atomic mass is 10.2. The summed E-state index contributed by atoms with van der Waals surface area (Å²) in [7, 11) is 0. The number of ketones is 1. The van der Waals surface area contributed by atoms with Crippen molar-refractivity contribution in [2.75, 3.05) is 0 Å². The Balaban J connectivity index is 1.81. The molecule has 1 aromatic carbocycles. The van der Waals surface area contributed by atoms with Crippen molar-refractivity contribution in [1.29, 1.82) is 0 Å². The highest BCUT2D eigenvalue weighted by Crippen LogP contribution is 2.25. The van der Waals surface area contributed by atoms with Crippen molar-refractivity contribution in [3.63, 3.8) is 0 Å². The monoisotopic (exact) mass is 281 g/mol. The van der Waals surface area contributed by atoms with Crippen molar-refractivity contribution in [2.24, 2.45) is 0 Å². The van der Waals surface area contributed by atoms with E-state index >= 15 is 0 Å². The highest BCUT2D eigenvalue weighted by molar-refractivity contribution is 6.03. The second-order valence-electron chi connectivity index (χ2n) is 4.94. The van der Waals surface area contributed by atoms with Gasteiger partial charge in [0.1, 0.15) is 0 Å². The maximum atomic E-state index is 12.1. The van der Waals surface area contributed by atoms with Crippen molar-refractivity contribution >= 4 is 11.7 Å². The second-order valence-corrected chi connectivity index (χ2v) is 4.94. The van der Waals surface area contributed by atoms with E-state index < -0.39 is 0 Å². The molecule has 1 aliphatic heterocycles. The number of amides is 1. The van der Waals surface area contributed by atoms with Gasteiger partial charge in [0.05, 0.1) is 12.8 Å². The molecule has 2 heterocycles. The van der Waals surface area contributed by atoms with Gasteiger partial charge in [-0.15, -0.1) is 0 Å². The molecule has 2 aromatic rings. The maximum Gasteiger partial charge on any atom is 0.227 e. The van der Waals surface area contributed by atoms with E-state index in [-0.39, 0.29) is 11.7 Å². The zero-order valence-electron chi connectivity index (χ0n) is 11.5. The molecule has 0 N–H and O–H groups in total. The number of carbonyl (C=O) groups excluding carboxylic acids is 2. The van der Waals surface area contributed by atoms with E-state index in [0.717, 1.165) is 11.3 Å². The van der Waals surface area contributed by atoms with Gasteiger partial charge in [0, 0.05) is 18.2 Å². The molecule has 21 heavy (non-hydrogen) atoms. The van der Waals surface area contributed by atoms with Crippen LogP contribution in [0.1, 0.15) is 29.0 Å². The third-order valence-corrected chi connectivity index (χ3v) is 3.49. The summed E-state index contributed by atoms with van der Waals surface area (Å²) in [6.45, 7) is 0.497. The van der Waals surface area contributed by atoms with Crippen LogP contribution in [0.25, 0.3) is 0 Å². The van der Waals surface area contributed by atoms with Crippen LogP contribution >= 0.6 is 0 Å². The van der Waals surface area contributed by atoms with Gasteiger partial charge in [0.2, 0.25) is 11.7 Å². The van der Waals surface area contributed by atoms with E-state index in [1.54, 1.807) is 17.0 Å². The van der Waals surface area contributed by atoms with Gasteiger partial charge in [-0.25, -0.2) is 0 Å². The SMILES string of the molecule is O=C(/C=C1/CCC(=O)N1Cc1ccccc1)c1ccco1. The van der Waals surface area contributed by atoms with Gasteiger partial charge < -0.3 is 9.32 Å². The van der Waals surface area contributed by atoms with E-state index in [1.165, 1.54) is 12.3 Å². The van der Waals surface area contributed by atoms with E-state index in [4.69, 9.17) is 4.42 Å². The first-order valence-corrected chi connectivity index (χ1v) is 6.87. The van der Waals surface area contributed by atoms with Crippen molar-refractivity contribution in [2.45, 2.75) is 19.4 Å². The average molecular weight is 281 g/mol. The molecule has 1 fully saturated rings. The highest BCUT2D eigenvalue weighted by atomic mass is 16.3. The fourth-order valence-corrected chi connectivity index (χ4v) is 2.41. The normalized spacial score (nSPS) is 16.7. The molecule has 1 saturated heterocycles. The molecule has 4 nitrogen and oxygen atoms in total. The van der Waals surface area contributed by atoms with Gasteiger partial charge in [0.25, 0.3) is 0 Å². The van der Waals surface area contributed by atoms with Crippen molar-refractivity contribution in [3.8, 4) is 0 Å². The van der Waals surface area contributed by atoms with Crippen LogP contribution in [0.5, 0.6) is 0 Å². The lowest BCUT2D eigenvalue weighted by Crippen LogP contribution is -2.23. The number of rotatable bonds is 4. The molecule has 4 heteroatoms. The Hall–Kier alpha value is -2.62. The molecule has 0 atom stereocenters. The Morgan fingerprint density at radius 2 is 1.95 bits per heavy atom. The summed E-state index contributed by atoms with van der Waals surface area (Å²) in [6.07, 6.45) is 4.02. The topological polar surface area (TPSA) is 50.5 Å². The van der Waals surface area contributed by atoms with E-state index in [1.807, 2.05) is 30.3 Å². The number of furan rings is 1. The quantitative estimate of drug-likeness (QED) is 0.639. The molecule has 1 aromatic heterocycles. The van der Waals surface area contributed by atoms with Crippen LogP contribution in [0.4, 0.5) is 0 Å². The lowest BCUT2D eigenvalue weighted by molar-refractivity contribution is -0.127. The van der Waals surface area contributed by atoms with Gasteiger partial charge in [-0.2, -0.15) is 0 Å². The first kappa shape index (κ1) is 13.4. The van der Waals surface area contributed by atoms with Crippen LogP contribution in [0.2, 0.25) is 0 Å². The summed E-state index contributed by atoms with van der Waals surface area (Å²) in [5.41, 5.74) is 1.80. The van der Waals surface area contributed by atoms with Crippen LogP contribution in [-0.2, 0) is 11.3 Å². The molecule has 1 aliphatic rings. The molecular formula is C17H15NO3. The van der Waals surface area contributed by atoms with Crippen LogP contribution in [0.15, 0.2) is 64.9 Å². The van der Waals surface area contributed by atoms with Crippen molar-refractivity contribution in [1.82, 2.24) is 4.90 Å². The standard InChI is InChI=1S/C17H15NO3/c19-15(16-7-4-10-21-16)11-14-8-9-17(20)18(14)12-13-5-2-1-3-6-13/h1-7,10-11H,8-9,12H2/b14-11-. The van der Waals surface area contributed by atoms with Gasteiger partial charge in [0.15, 0.2) is 5.76 Å². The molecule has 0 radical (unpaired) electrons. The van der Waals surface area contributed by atoms with Crippen LogP contribution in [-0.4, -0.2) is 16.6 Å². The predicted octanol–water partition coefficient (Wildman–Crippen LogP) is 3.17. The van der Waals surface area contributed by atoms with Crippen LogP contribution in [0.3, 0.4) is 0 Å². The zero-order valence-corrected chi connectivity index (χ0v) is 11.5. The summed E-state index contributed by atoms with van der Waals surface area (Å²) in [6, 6.07) is 13.0. The Bertz CT molecular complexity index is 671. The number of benzene rings is 1. The van der Waals surface area contributed by atoms with Crippen molar-refractivity contribution < 1.29 is 14.0 Å². The molecule has 3 rings (SSSR count). The molecule has 0 aliphatic carbocycles. The van der Waals surface area contributed by atoms with Crippen LogP contribution in [0, 0.1) is 0 Å². The third kappa shape index (κ3) is 2.94.